The van der Waals surface area contributed by atoms with Crippen LogP contribution in [0.2, 0.25) is 0 Å². The highest BCUT2D eigenvalue weighted by molar-refractivity contribution is 5.95. The minimum absolute atomic E-state index is 0.00463. The number of nitrogens with two attached hydrogens (primary N) is 1. The van der Waals surface area contributed by atoms with Crippen LogP contribution in [0.25, 0.3) is 11.0 Å². The average Bonchev–Trinajstić information content (AvgIpc) is 2.69. The molecule has 7 heteroatoms. The van der Waals surface area contributed by atoms with Crippen molar-refractivity contribution in [3.8, 4) is 0 Å². The Morgan fingerprint density at radius 2 is 1.86 bits per heavy atom. The minimum Gasteiger partial charge on any atom is -0.466 e. The third-order valence-electron chi connectivity index (χ3n) is 5.30. The van der Waals surface area contributed by atoms with E-state index in [1.54, 1.807) is 16.7 Å². The van der Waals surface area contributed by atoms with Crippen LogP contribution in [-0.4, -0.2) is 28.0 Å². The number of rotatable bonds is 4. The normalized spacial score (nSPS) is 18.6. The maximum Gasteiger partial charge on any atom is 0.308 e. The molecule has 0 saturated heterocycles. The Morgan fingerprint density at radius 1 is 1.21 bits per heavy atom. The summed E-state index contributed by atoms with van der Waals surface area (Å²) in [5, 5.41) is 0.425. The van der Waals surface area contributed by atoms with Gasteiger partial charge < -0.3 is 15.0 Å². The van der Waals surface area contributed by atoms with E-state index in [-0.39, 0.29) is 22.9 Å². The zero-order chi connectivity index (χ0) is 21.6. The Hall–Kier alpha value is -2.70. The SMILES string of the molecule is CCOC(=O)C1CCC(C)CC1.CCn1cc(C(N)=O)c(=O)c2ccc(C)nc21. The maximum atomic E-state index is 12.0. The fraction of sp³-hybridized carbons (Fsp3) is 0.545. The second kappa shape index (κ2) is 10.2. The number of esters is 1. The first-order chi connectivity index (χ1) is 13.8. The zero-order valence-electron chi connectivity index (χ0n) is 17.7. The third kappa shape index (κ3) is 5.65. The van der Waals surface area contributed by atoms with Crippen LogP contribution >= 0.6 is 0 Å². The minimum atomic E-state index is -0.709. The van der Waals surface area contributed by atoms with Crippen molar-refractivity contribution in [2.75, 3.05) is 6.61 Å². The van der Waals surface area contributed by atoms with Crippen molar-refractivity contribution in [1.82, 2.24) is 9.55 Å². The van der Waals surface area contributed by atoms with Gasteiger partial charge >= 0.3 is 5.97 Å². The molecule has 1 saturated carbocycles. The van der Waals surface area contributed by atoms with Crippen molar-refractivity contribution in [3.63, 3.8) is 0 Å². The summed E-state index contributed by atoms with van der Waals surface area (Å²) in [5.74, 6) is 0.306. The van der Waals surface area contributed by atoms with Gasteiger partial charge in [-0.1, -0.05) is 6.92 Å². The van der Waals surface area contributed by atoms with Crippen LogP contribution in [0.3, 0.4) is 0 Å². The topological polar surface area (TPSA) is 104 Å². The number of aromatic nitrogens is 2. The smallest absolute Gasteiger partial charge is 0.308 e. The van der Waals surface area contributed by atoms with E-state index in [1.807, 2.05) is 20.8 Å². The van der Waals surface area contributed by atoms with Crippen molar-refractivity contribution in [2.45, 2.75) is 59.9 Å². The lowest BCUT2D eigenvalue weighted by Gasteiger charge is -2.24. The molecule has 2 N–H and O–H groups in total. The van der Waals surface area contributed by atoms with Gasteiger partial charge in [-0.05, 0) is 64.5 Å². The van der Waals surface area contributed by atoms with Gasteiger partial charge in [0.05, 0.1) is 17.9 Å². The van der Waals surface area contributed by atoms with E-state index in [2.05, 4.69) is 11.9 Å². The van der Waals surface area contributed by atoms with Gasteiger partial charge in [-0.15, -0.1) is 0 Å². The molecule has 0 aliphatic heterocycles. The van der Waals surface area contributed by atoms with E-state index in [1.165, 1.54) is 19.0 Å². The van der Waals surface area contributed by atoms with Gasteiger partial charge in [0.25, 0.3) is 5.91 Å². The standard InChI is InChI=1S/C12H13N3O2.C10H18O2/c1-3-15-6-9(11(13)17)10(16)8-5-4-7(2)14-12(8)15;1-3-12-10(11)9-6-4-8(2)5-7-9/h4-6H,3H2,1-2H3,(H2,13,17);8-9H,3-7H2,1-2H3. The number of hydrogen-bond donors (Lipinski definition) is 1. The van der Waals surface area contributed by atoms with Gasteiger partial charge in [-0.3, -0.25) is 14.4 Å². The second-order valence-corrected chi connectivity index (χ2v) is 7.55. The lowest BCUT2D eigenvalue weighted by molar-refractivity contribution is -0.149. The monoisotopic (exact) mass is 401 g/mol. The lowest BCUT2D eigenvalue weighted by atomic mass is 9.83. The van der Waals surface area contributed by atoms with Crippen LogP contribution in [0, 0.1) is 18.8 Å². The van der Waals surface area contributed by atoms with Crippen LogP contribution < -0.4 is 11.2 Å². The van der Waals surface area contributed by atoms with Crippen LogP contribution in [0.1, 0.15) is 62.5 Å². The molecule has 2 aromatic heterocycles. The molecule has 1 aliphatic rings. The fourth-order valence-electron chi connectivity index (χ4n) is 3.53. The number of pyridine rings is 2. The van der Waals surface area contributed by atoms with Crippen molar-refractivity contribution in [2.24, 2.45) is 17.6 Å². The molecule has 0 unspecified atom stereocenters. The summed E-state index contributed by atoms with van der Waals surface area (Å²) in [7, 11) is 0. The molecule has 3 rings (SSSR count). The Bertz CT molecular complexity index is 928. The Morgan fingerprint density at radius 3 is 2.41 bits per heavy atom. The van der Waals surface area contributed by atoms with Crippen molar-refractivity contribution < 1.29 is 14.3 Å². The van der Waals surface area contributed by atoms with Gasteiger partial charge in [-0.25, -0.2) is 4.98 Å². The van der Waals surface area contributed by atoms with E-state index in [0.29, 0.717) is 24.2 Å². The number of carbonyl (C=O) groups is 2. The lowest BCUT2D eigenvalue weighted by Crippen LogP contribution is -2.24. The van der Waals surface area contributed by atoms with E-state index >= 15 is 0 Å². The molecular formula is C22H31N3O4. The summed E-state index contributed by atoms with van der Waals surface area (Å²) in [4.78, 5) is 38.8. The molecule has 0 spiro atoms. The predicted molar refractivity (Wildman–Crippen MR) is 113 cm³/mol. The third-order valence-corrected chi connectivity index (χ3v) is 5.30. The highest BCUT2D eigenvalue weighted by Crippen LogP contribution is 2.28. The maximum absolute atomic E-state index is 12.0. The molecule has 0 bridgehead atoms. The van der Waals surface area contributed by atoms with Crippen LogP contribution in [-0.2, 0) is 16.1 Å². The van der Waals surface area contributed by atoms with Crippen molar-refractivity contribution >= 4 is 22.9 Å². The number of amides is 1. The first-order valence-electron chi connectivity index (χ1n) is 10.3. The molecule has 1 amide bonds. The summed E-state index contributed by atoms with van der Waals surface area (Å²) >= 11 is 0. The fourth-order valence-corrected chi connectivity index (χ4v) is 3.53. The van der Waals surface area contributed by atoms with Gasteiger partial charge in [0.2, 0.25) is 5.43 Å². The van der Waals surface area contributed by atoms with Crippen LogP contribution in [0.4, 0.5) is 0 Å². The molecule has 7 nitrogen and oxygen atoms in total. The van der Waals surface area contributed by atoms with Crippen LogP contribution in [0.5, 0.6) is 0 Å². The summed E-state index contributed by atoms with van der Waals surface area (Å²) in [6.07, 6.45) is 5.90. The number of nitrogens with zero attached hydrogens (tertiary/aromatic N) is 2. The molecule has 0 atom stereocenters. The molecule has 0 radical (unpaired) electrons. The number of hydrogen-bond acceptors (Lipinski definition) is 5. The summed E-state index contributed by atoms with van der Waals surface area (Å²) in [5.41, 5.74) is 6.24. The highest BCUT2D eigenvalue weighted by atomic mass is 16.5. The second-order valence-electron chi connectivity index (χ2n) is 7.55. The molecular weight excluding hydrogens is 370 g/mol. The molecule has 0 aromatic carbocycles. The van der Waals surface area contributed by atoms with Crippen molar-refractivity contribution in [3.05, 3.63) is 39.8 Å². The van der Waals surface area contributed by atoms with Crippen LogP contribution in [0.15, 0.2) is 23.1 Å². The van der Waals surface area contributed by atoms with Crippen molar-refractivity contribution in [1.29, 1.82) is 0 Å². The van der Waals surface area contributed by atoms with E-state index < -0.39 is 5.91 Å². The molecule has 158 valence electrons. The number of aryl methyl sites for hydroxylation is 2. The Labute approximate surface area is 171 Å². The zero-order valence-corrected chi connectivity index (χ0v) is 17.7. The van der Waals surface area contributed by atoms with E-state index in [0.717, 1.165) is 24.5 Å². The van der Waals surface area contributed by atoms with Gasteiger partial charge in [0.1, 0.15) is 11.2 Å². The van der Waals surface area contributed by atoms with E-state index in [9.17, 15) is 14.4 Å². The molecule has 2 aromatic rings. The Balaban J connectivity index is 0.000000221. The highest BCUT2D eigenvalue weighted by Gasteiger charge is 2.24. The number of ether oxygens (including phenoxy) is 1. The first-order valence-corrected chi connectivity index (χ1v) is 10.3. The average molecular weight is 402 g/mol. The largest absolute Gasteiger partial charge is 0.466 e. The number of fused-ring (bicyclic) bond motifs is 1. The Kier molecular flexibility index (Phi) is 7.93. The summed E-state index contributed by atoms with van der Waals surface area (Å²) < 4.78 is 6.73. The van der Waals surface area contributed by atoms with Gasteiger partial charge in [0, 0.05) is 18.4 Å². The summed E-state index contributed by atoms with van der Waals surface area (Å²) in [6.45, 7) is 9.02. The molecule has 2 heterocycles. The number of carbonyl (C=O) groups excluding carboxylic acids is 2. The quantitative estimate of drug-likeness (QED) is 0.792. The number of primary amides is 1. The summed E-state index contributed by atoms with van der Waals surface area (Å²) in [6, 6.07) is 3.42. The molecule has 29 heavy (non-hydrogen) atoms. The predicted octanol–water partition coefficient (Wildman–Crippen LogP) is 3.20. The first kappa shape index (κ1) is 22.6. The molecule has 1 aliphatic carbocycles. The van der Waals surface area contributed by atoms with Gasteiger partial charge in [0.15, 0.2) is 0 Å². The van der Waals surface area contributed by atoms with E-state index in [4.69, 9.17) is 10.5 Å². The molecule has 1 fully saturated rings. The van der Waals surface area contributed by atoms with Gasteiger partial charge in [-0.2, -0.15) is 0 Å².